The van der Waals surface area contributed by atoms with E-state index in [0.29, 0.717) is 0 Å². The zero-order valence-corrected chi connectivity index (χ0v) is 23.9. The van der Waals surface area contributed by atoms with Gasteiger partial charge >= 0.3 is 0 Å². The summed E-state index contributed by atoms with van der Waals surface area (Å²) in [6.07, 6.45) is 9.20. The summed E-state index contributed by atoms with van der Waals surface area (Å²) < 4.78 is 2.50. The number of hydrogen-bond donors (Lipinski definition) is 0. The molecule has 0 saturated carbocycles. The molecule has 8 aromatic rings. The molecule has 42 heavy (non-hydrogen) atoms. The minimum atomic E-state index is 1.12. The second-order valence-corrected chi connectivity index (χ2v) is 12.3. The van der Waals surface area contributed by atoms with Crippen molar-refractivity contribution in [3.8, 4) is 21.6 Å². The average Bonchev–Trinajstić information content (AvgIpc) is 3.69. The van der Waals surface area contributed by atoms with E-state index < -0.39 is 0 Å². The second kappa shape index (κ2) is 9.30. The van der Waals surface area contributed by atoms with E-state index in [1.807, 2.05) is 11.3 Å². The molecule has 0 radical (unpaired) electrons. The molecule has 0 saturated heterocycles. The number of thiophene rings is 1. The third-order valence-electron chi connectivity index (χ3n) is 8.79. The smallest absolute Gasteiger partial charge is 0.0625 e. The molecule has 0 spiro atoms. The SMILES string of the molecule is C1=CC(c2ccc(-c3ccc4c(c3)c(-c3ccc5ccccc5c3)c3c5ccccc5c5ccccc5n43)s2)=CCC1. The number of allylic oxidation sites excluding steroid dienone is 4. The van der Waals surface area contributed by atoms with Gasteiger partial charge in [-0.3, -0.25) is 0 Å². The zero-order chi connectivity index (χ0) is 27.6. The van der Waals surface area contributed by atoms with Gasteiger partial charge in [0.05, 0.1) is 16.6 Å². The molecule has 2 heteroatoms. The number of fused-ring (bicyclic) bond motifs is 9. The molecule has 0 bridgehead atoms. The van der Waals surface area contributed by atoms with Gasteiger partial charge in [0, 0.05) is 31.5 Å². The summed E-state index contributed by atoms with van der Waals surface area (Å²) in [5, 5.41) is 7.68. The molecule has 0 aliphatic heterocycles. The van der Waals surface area contributed by atoms with Gasteiger partial charge in [-0.05, 0) is 82.1 Å². The van der Waals surface area contributed by atoms with Crippen LogP contribution in [-0.4, -0.2) is 4.40 Å². The molecule has 0 amide bonds. The van der Waals surface area contributed by atoms with Crippen LogP contribution in [0.1, 0.15) is 17.7 Å². The maximum atomic E-state index is 2.50. The average molecular weight is 554 g/mol. The Balaban J connectivity index is 1.39. The van der Waals surface area contributed by atoms with Gasteiger partial charge in [0.2, 0.25) is 0 Å². The Bertz CT molecular complexity index is 2410. The molecule has 3 heterocycles. The molecule has 0 unspecified atom stereocenters. The van der Waals surface area contributed by atoms with Crippen molar-refractivity contribution in [1.29, 1.82) is 0 Å². The van der Waals surface area contributed by atoms with Crippen LogP contribution in [0.25, 0.3) is 76.0 Å². The van der Waals surface area contributed by atoms with Crippen molar-refractivity contribution in [3.63, 3.8) is 0 Å². The Morgan fingerprint density at radius 1 is 0.524 bits per heavy atom. The predicted octanol–water partition coefficient (Wildman–Crippen LogP) is 11.7. The molecule has 5 aromatic carbocycles. The van der Waals surface area contributed by atoms with E-state index >= 15 is 0 Å². The maximum Gasteiger partial charge on any atom is 0.0625 e. The number of para-hydroxylation sites is 1. The van der Waals surface area contributed by atoms with Crippen LogP contribution in [0.15, 0.2) is 140 Å². The van der Waals surface area contributed by atoms with E-state index in [4.69, 9.17) is 0 Å². The van der Waals surface area contributed by atoms with Crippen molar-refractivity contribution in [3.05, 3.63) is 144 Å². The first-order valence-electron chi connectivity index (χ1n) is 14.7. The largest absolute Gasteiger partial charge is 0.308 e. The third-order valence-corrected chi connectivity index (χ3v) is 9.98. The maximum absolute atomic E-state index is 2.50. The Morgan fingerprint density at radius 2 is 1.26 bits per heavy atom. The second-order valence-electron chi connectivity index (χ2n) is 11.2. The lowest BCUT2D eigenvalue weighted by molar-refractivity contribution is 1.04. The fraction of sp³-hybridized carbons (Fsp3) is 0.0500. The zero-order valence-electron chi connectivity index (χ0n) is 23.0. The van der Waals surface area contributed by atoms with Crippen LogP contribution >= 0.6 is 11.3 Å². The van der Waals surface area contributed by atoms with Gasteiger partial charge in [0.15, 0.2) is 0 Å². The first-order valence-corrected chi connectivity index (χ1v) is 15.5. The molecule has 0 N–H and O–H groups in total. The highest BCUT2D eigenvalue weighted by atomic mass is 32.1. The number of nitrogens with zero attached hydrogens (tertiary/aromatic N) is 1. The normalized spacial score (nSPS) is 13.6. The number of pyridine rings is 1. The highest BCUT2D eigenvalue weighted by Crippen LogP contribution is 2.44. The molecule has 1 aliphatic carbocycles. The Kier molecular flexibility index (Phi) is 5.26. The van der Waals surface area contributed by atoms with E-state index in [-0.39, 0.29) is 0 Å². The molecule has 9 rings (SSSR count). The van der Waals surface area contributed by atoms with E-state index in [9.17, 15) is 0 Å². The Labute approximate surface area is 248 Å². The van der Waals surface area contributed by atoms with Crippen LogP contribution < -0.4 is 0 Å². The highest BCUT2D eigenvalue weighted by Gasteiger charge is 2.20. The minimum Gasteiger partial charge on any atom is -0.308 e. The summed E-state index contributed by atoms with van der Waals surface area (Å²) in [4.78, 5) is 2.65. The highest BCUT2D eigenvalue weighted by molar-refractivity contribution is 7.16. The fourth-order valence-corrected chi connectivity index (χ4v) is 7.88. The quantitative estimate of drug-likeness (QED) is 0.192. The summed E-state index contributed by atoms with van der Waals surface area (Å²) in [6, 6.07) is 45.0. The number of rotatable bonds is 3. The summed E-state index contributed by atoms with van der Waals surface area (Å²) >= 11 is 1.89. The van der Waals surface area contributed by atoms with E-state index in [1.165, 1.54) is 80.9 Å². The minimum absolute atomic E-state index is 1.12. The van der Waals surface area contributed by atoms with Crippen LogP contribution in [0, 0.1) is 0 Å². The van der Waals surface area contributed by atoms with E-state index in [1.54, 1.807) is 0 Å². The number of hydrogen-bond acceptors (Lipinski definition) is 1. The predicted molar refractivity (Wildman–Crippen MR) is 183 cm³/mol. The lowest BCUT2D eigenvalue weighted by Crippen LogP contribution is -1.91. The van der Waals surface area contributed by atoms with Gasteiger partial charge in [-0.15, -0.1) is 11.3 Å². The van der Waals surface area contributed by atoms with Gasteiger partial charge in [0.1, 0.15) is 0 Å². The topological polar surface area (TPSA) is 4.41 Å². The first kappa shape index (κ1) is 23.8. The Morgan fingerprint density at radius 3 is 2.14 bits per heavy atom. The van der Waals surface area contributed by atoms with Crippen LogP contribution in [0.5, 0.6) is 0 Å². The van der Waals surface area contributed by atoms with Crippen molar-refractivity contribution in [2.75, 3.05) is 0 Å². The van der Waals surface area contributed by atoms with Gasteiger partial charge in [0.25, 0.3) is 0 Å². The molecular weight excluding hydrogens is 527 g/mol. The van der Waals surface area contributed by atoms with Gasteiger partial charge in [-0.25, -0.2) is 0 Å². The van der Waals surface area contributed by atoms with Gasteiger partial charge < -0.3 is 4.40 Å². The van der Waals surface area contributed by atoms with Gasteiger partial charge in [-0.2, -0.15) is 0 Å². The molecular formula is C40H27NS. The molecule has 0 fully saturated rings. The van der Waals surface area contributed by atoms with Crippen molar-refractivity contribution >= 4 is 65.8 Å². The first-order chi connectivity index (χ1) is 20.8. The standard InChI is InChI=1S/C40H27NS/c1-2-11-27(12-3-1)37-22-23-38(42-37)29-20-21-36-34(25-29)39(30-19-18-26-10-4-5-13-28(26)24-30)40-33-16-7-6-14-31(33)32-15-8-9-17-35(32)41(36)40/h2,4-25H,1,3H2. The van der Waals surface area contributed by atoms with Gasteiger partial charge in [-0.1, -0.05) is 103 Å². The monoisotopic (exact) mass is 553 g/mol. The Hall–Kier alpha value is -4.92. The summed E-state index contributed by atoms with van der Waals surface area (Å²) in [5.41, 5.74) is 8.93. The van der Waals surface area contributed by atoms with Crippen LogP contribution in [0.4, 0.5) is 0 Å². The van der Waals surface area contributed by atoms with Crippen LogP contribution in [0.2, 0.25) is 0 Å². The molecule has 1 nitrogen and oxygen atoms in total. The van der Waals surface area contributed by atoms with Crippen LogP contribution in [0.3, 0.4) is 0 Å². The van der Waals surface area contributed by atoms with E-state index in [0.717, 1.165) is 12.8 Å². The molecule has 3 aromatic heterocycles. The summed E-state index contributed by atoms with van der Waals surface area (Å²) in [5.74, 6) is 0. The molecule has 198 valence electrons. The van der Waals surface area contributed by atoms with Crippen LogP contribution in [-0.2, 0) is 0 Å². The van der Waals surface area contributed by atoms with Crippen molar-refractivity contribution in [2.45, 2.75) is 12.8 Å². The van der Waals surface area contributed by atoms with Crippen molar-refractivity contribution in [1.82, 2.24) is 4.40 Å². The fourth-order valence-electron chi connectivity index (χ4n) is 6.85. The number of aromatic nitrogens is 1. The van der Waals surface area contributed by atoms with Crippen molar-refractivity contribution in [2.24, 2.45) is 0 Å². The lowest BCUT2D eigenvalue weighted by Gasteiger charge is -2.11. The third kappa shape index (κ3) is 3.55. The van der Waals surface area contributed by atoms with E-state index in [2.05, 4.69) is 144 Å². The molecule has 1 aliphatic rings. The lowest BCUT2D eigenvalue weighted by atomic mass is 9.96. The molecule has 0 atom stereocenters. The summed E-state index contributed by atoms with van der Waals surface area (Å²) in [7, 11) is 0. The van der Waals surface area contributed by atoms with Crippen molar-refractivity contribution < 1.29 is 0 Å². The number of benzene rings is 5. The summed E-state index contributed by atoms with van der Waals surface area (Å²) in [6.45, 7) is 0.